The van der Waals surface area contributed by atoms with Crippen molar-refractivity contribution in [1.82, 2.24) is 19.7 Å². The number of halogens is 1. The monoisotopic (exact) mass is 375 g/mol. The zero-order chi connectivity index (χ0) is 17.2. The SMILES string of the molecule is O[C@@H]1CC(Cn2ccnc2)C[C@H]1Nc1nnc(-c2ccccc2Cl)s1. The van der Waals surface area contributed by atoms with Gasteiger partial charge in [-0.25, -0.2) is 4.98 Å². The molecule has 1 aliphatic carbocycles. The molecule has 2 aromatic heterocycles. The Morgan fingerprint density at radius 1 is 1.28 bits per heavy atom. The predicted molar refractivity (Wildman–Crippen MR) is 98.7 cm³/mol. The quantitative estimate of drug-likeness (QED) is 0.715. The third-order valence-electron chi connectivity index (χ3n) is 4.49. The number of aliphatic hydroxyl groups excluding tert-OH is 1. The number of anilines is 1. The molecule has 130 valence electrons. The van der Waals surface area contributed by atoms with Crippen molar-refractivity contribution in [2.24, 2.45) is 5.92 Å². The largest absolute Gasteiger partial charge is 0.391 e. The molecule has 0 spiro atoms. The van der Waals surface area contributed by atoms with Crippen LogP contribution in [0.25, 0.3) is 10.6 Å². The van der Waals surface area contributed by atoms with Crippen molar-refractivity contribution in [2.45, 2.75) is 31.5 Å². The zero-order valence-corrected chi connectivity index (χ0v) is 15.0. The second kappa shape index (κ2) is 7.11. The second-order valence-corrected chi connectivity index (χ2v) is 7.69. The Morgan fingerprint density at radius 3 is 2.96 bits per heavy atom. The summed E-state index contributed by atoms with van der Waals surface area (Å²) in [4.78, 5) is 4.07. The molecular weight excluding hydrogens is 358 g/mol. The van der Waals surface area contributed by atoms with Crippen LogP contribution in [0.3, 0.4) is 0 Å². The summed E-state index contributed by atoms with van der Waals surface area (Å²) in [7, 11) is 0. The van der Waals surface area contributed by atoms with Gasteiger partial charge in [-0.1, -0.05) is 41.1 Å². The van der Waals surface area contributed by atoms with Gasteiger partial charge < -0.3 is 15.0 Å². The molecule has 1 fully saturated rings. The molecule has 3 aromatic rings. The van der Waals surface area contributed by atoms with E-state index in [0.717, 1.165) is 30.0 Å². The van der Waals surface area contributed by atoms with Gasteiger partial charge in [0.15, 0.2) is 5.01 Å². The van der Waals surface area contributed by atoms with E-state index in [4.69, 9.17) is 11.6 Å². The third-order valence-corrected chi connectivity index (χ3v) is 5.71. The van der Waals surface area contributed by atoms with E-state index < -0.39 is 0 Å². The first kappa shape index (κ1) is 16.5. The average Bonchev–Trinajstić information content (AvgIpc) is 3.32. The van der Waals surface area contributed by atoms with E-state index in [1.54, 1.807) is 6.20 Å². The maximum atomic E-state index is 10.4. The number of rotatable bonds is 5. The molecule has 1 aliphatic rings. The van der Waals surface area contributed by atoms with Gasteiger partial charge in [-0.3, -0.25) is 0 Å². The maximum Gasteiger partial charge on any atom is 0.206 e. The molecule has 0 radical (unpaired) electrons. The van der Waals surface area contributed by atoms with Crippen LogP contribution in [0, 0.1) is 5.92 Å². The predicted octanol–water partition coefficient (Wildman–Crippen LogP) is 3.31. The van der Waals surface area contributed by atoms with Crippen molar-refractivity contribution in [2.75, 3.05) is 5.32 Å². The summed E-state index contributed by atoms with van der Waals surface area (Å²) in [5, 5.41) is 24.3. The van der Waals surface area contributed by atoms with Gasteiger partial charge in [0.05, 0.1) is 23.5 Å². The molecule has 4 rings (SSSR count). The Balaban J connectivity index is 1.42. The lowest BCUT2D eigenvalue weighted by atomic mass is 10.1. The summed E-state index contributed by atoms with van der Waals surface area (Å²) < 4.78 is 2.06. The number of benzene rings is 1. The van der Waals surface area contributed by atoms with Crippen LogP contribution in [-0.2, 0) is 6.54 Å². The first-order chi connectivity index (χ1) is 12.2. The van der Waals surface area contributed by atoms with Crippen LogP contribution in [0.15, 0.2) is 43.0 Å². The number of hydrogen-bond acceptors (Lipinski definition) is 6. The minimum absolute atomic E-state index is 0.0134. The van der Waals surface area contributed by atoms with Crippen molar-refractivity contribution in [3.8, 4) is 10.6 Å². The van der Waals surface area contributed by atoms with Gasteiger partial charge in [-0.15, -0.1) is 10.2 Å². The maximum absolute atomic E-state index is 10.4. The number of aromatic nitrogens is 4. The number of nitrogens with zero attached hydrogens (tertiary/aromatic N) is 4. The van der Waals surface area contributed by atoms with Crippen molar-refractivity contribution >= 4 is 28.1 Å². The van der Waals surface area contributed by atoms with Crippen LogP contribution in [0.1, 0.15) is 12.8 Å². The minimum Gasteiger partial charge on any atom is -0.391 e. The van der Waals surface area contributed by atoms with Gasteiger partial charge in [-0.05, 0) is 24.8 Å². The van der Waals surface area contributed by atoms with Crippen molar-refractivity contribution in [1.29, 1.82) is 0 Å². The second-order valence-electron chi connectivity index (χ2n) is 6.31. The van der Waals surface area contributed by atoms with Crippen LogP contribution < -0.4 is 5.32 Å². The van der Waals surface area contributed by atoms with Gasteiger partial charge in [0, 0.05) is 24.5 Å². The Labute approximate surface area is 154 Å². The van der Waals surface area contributed by atoms with Crippen LogP contribution >= 0.6 is 22.9 Å². The lowest BCUT2D eigenvalue weighted by Gasteiger charge is -2.14. The van der Waals surface area contributed by atoms with E-state index in [2.05, 4.69) is 25.1 Å². The van der Waals surface area contributed by atoms with Crippen molar-refractivity contribution in [3.63, 3.8) is 0 Å². The van der Waals surface area contributed by atoms with Gasteiger partial charge in [0.25, 0.3) is 0 Å². The van der Waals surface area contributed by atoms with Crippen LogP contribution in [0.4, 0.5) is 5.13 Å². The lowest BCUT2D eigenvalue weighted by Crippen LogP contribution is -2.27. The third kappa shape index (κ3) is 3.68. The van der Waals surface area contributed by atoms with Gasteiger partial charge in [0.1, 0.15) is 0 Å². The summed E-state index contributed by atoms with van der Waals surface area (Å²) in [6.07, 6.45) is 6.81. The smallest absolute Gasteiger partial charge is 0.206 e. The molecule has 0 amide bonds. The molecule has 8 heteroatoms. The number of imidazole rings is 1. The van der Waals surface area contributed by atoms with Crippen LogP contribution in [0.2, 0.25) is 5.02 Å². The van der Waals surface area contributed by atoms with Gasteiger partial charge in [0.2, 0.25) is 5.13 Å². The molecule has 2 heterocycles. The molecule has 1 saturated carbocycles. The van der Waals surface area contributed by atoms with Crippen LogP contribution in [-0.4, -0.2) is 37.0 Å². The van der Waals surface area contributed by atoms with E-state index in [1.807, 2.05) is 36.8 Å². The zero-order valence-electron chi connectivity index (χ0n) is 13.4. The molecule has 1 aromatic carbocycles. The Bertz CT molecular complexity index is 837. The molecule has 2 N–H and O–H groups in total. The van der Waals surface area contributed by atoms with E-state index in [9.17, 15) is 5.11 Å². The highest BCUT2D eigenvalue weighted by molar-refractivity contribution is 7.18. The van der Waals surface area contributed by atoms with Crippen LogP contribution in [0.5, 0.6) is 0 Å². The highest BCUT2D eigenvalue weighted by atomic mass is 35.5. The molecule has 6 nitrogen and oxygen atoms in total. The Kier molecular flexibility index (Phi) is 4.70. The molecule has 0 bridgehead atoms. The summed E-state index contributed by atoms with van der Waals surface area (Å²) in [6, 6.07) is 7.57. The molecule has 0 aliphatic heterocycles. The molecule has 25 heavy (non-hydrogen) atoms. The molecule has 0 saturated heterocycles. The lowest BCUT2D eigenvalue weighted by molar-refractivity contribution is 0.166. The number of aliphatic hydroxyl groups is 1. The summed E-state index contributed by atoms with van der Waals surface area (Å²) in [5.41, 5.74) is 0.875. The number of nitrogens with one attached hydrogen (secondary N) is 1. The standard InChI is InChI=1S/C17H18ClN5OS/c18-13-4-2-1-3-12(13)16-21-22-17(25-16)20-14-7-11(8-15(14)24)9-23-6-5-19-10-23/h1-6,10-11,14-15,24H,7-9H2,(H,20,22)/t11?,14-,15-/m1/s1. The van der Waals surface area contributed by atoms with Gasteiger partial charge >= 0.3 is 0 Å². The van der Waals surface area contributed by atoms with E-state index >= 15 is 0 Å². The van der Waals surface area contributed by atoms with Crippen molar-refractivity contribution in [3.05, 3.63) is 48.0 Å². The first-order valence-electron chi connectivity index (χ1n) is 8.18. The normalized spacial score (nSPS) is 23.0. The molecule has 1 unspecified atom stereocenters. The van der Waals surface area contributed by atoms with Gasteiger partial charge in [-0.2, -0.15) is 0 Å². The first-order valence-corrected chi connectivity index (χ1v) is 9.37. The van der Waals surface area contributed by atoms with E-state index in [0.29, 0.717) is 16.1 Å². The Morgan fingerprint density at radius 2 is 2.16 bits per heavy atom. The summed E-state index contributed by atoms with van der Waals surface area (Å²) in [5.74, 6) is 0.414. The van der Waals surface area contributed by atoms with E-state index in [1.165, 1.54) is 11.3 Å². The molecule has 3 atom stereocenters. The van der Waals surface area contributed by atoms with Crippen molar-refractivity contribution < 1.29 is 5.11 Å². The summed E-state index contributed by atoms with van der Waals surface area (Å²) in [6.45, 7) is 0.871. The fourth-order valence-electron chi connectivity index (χ4n) is 3.30. The molecular formula is C17H18ClN5OS. The summed E-state index contributed by atoms with van der Waals surface area (Å²) >= 11 is 7.67. The van der Waals surface area contributed by atoms with E-state index in [-0.39, 0.29) is 12.1 Å². The fraction of sp³-hybridized carbons (Fsp3) is 0.353. The fourth-order valence-corrected chi connectivity index (χ4v) is 4.42. The topological polar surface area (TPSA) is 75.9 Å². The highest BCUT2D eigenvalue weighted by Gasteiger charge is 2.33. The Hall–Kier alpha value is -1.96. The minimum atomic E-state index is -0.388. The average molecular weight is 376 g/mol. The number of hydrogen-bond donors (Lipinski definition) is 2. The highest BCUT2D eigenvalue weighted by Crippen LogP contribution is 2.34.